The van der Waals surface area contributed by atoms with Gasteiger partial charge in [-0.05, 0) is 12.8 Å². The van der Waals surface area contributed by atoms with Gasteiger partial charge in [-0.2, -0.15) is 0 Å². The molecule has 0 spiro atoms. The van der Waals surface area contributed by atoms with Crippen molar-refractivity contribution < 1.29 is 9.47 Å². The molecule has 0 unspecified atom stereocenters. The maximum absolute atomic E-state index is 5.78. The summed E-state index contributed by atoms with van der Waals surface area (Å²) >= 11 is 0. The maximum Gasteiger partial charge on any atom is 0.194 e. The molecule has 0 radical (unpaired) electrons. The van der Waals surface area contributed by atoms with Crippen LogP contribution in [0.3, 0.4) is 0 Å². The van der Waals surface area contributed by atoms with Crippen molar-refractivity contribution in [2.75, 3.05) is 13.2 Å². The number of hydrogen-bond acceptors (Lipinski definition) is 2. The summed E-state index contributed by atoms with van der Waals surface area (Å²) in [5, 5.41) is 0. The molecular formula is C14H24O2. The van der Waals surface area contributed by atoms with Gasteiger partial charge in [-0.15, -0.1) is 0 Å². The van der Waals surface area contributed by atoms with E-state index in [1.54, 1.807) is 0 Å². The van der Waals surface area contributed by atoms with Gasteiger partial charge in [0.2, 0.25) is 0 Å². The number of ether oxygens (including phenoxy) is 2. The summed E-state index contributed by atoms with van der Waals surface area (Å²) in [5.74, 6) is -0.411. The van der Waals surface area contributed by atoms with Crippen molar-refractivity contribution in [1.29, 1.82) is 0 Å². The molecule has 92 valence electrons. The summed E-state index contributed by atoms with van der Waals surface area (Å²) in [5.41, 5.74) is 1.23. The zero-order chi connectivity index (χ0) is 11.9. The topological polar surface area (TPSA) is 18.5 Å². The predicted molar refractivity (Wildman–Crippen MR) is 67.3 cm³/mol. The van der Waals surface area contributed by atoms with Crippen molar-refractivity contribution in [2.24, 2.45) is 0 Å². The Morgan fingerprint density at radius 1 is 1.19 bits per heavy atom. The molecule has 0 bridgehead atoms. The lowest BCUT2D eigenvalue weighted by molar-refractivity contribution is -0.128. The van der Waals surface area contributed by atoms with Crippen LogP contribution in [0.5, 0.6) is 0 Å². The fourth-order valence-electron chi connectivity index (χ4n) is 2.14. The molecule has 2 aliphatic rings. The van der Waals surface area contributed by atoms with Crippen LogP contribution in [0.4, 0.5) is 0 Å². The smallest absolute Gasteiger partial charge is 0.194 e. The van der Waals surface area contributed by atoms with Gasteiger partial charge in [-0.3, -0.25) is 0 Å². The lowest BCUT2D eigenvalue weighted by Crippen LogP contribution is -2.32. The Labute approximate surface area is 99.3 Å². The summed E-state index contributed by atoms with van der Waals surface area (Å²) in [4.78, 5) is 0. The van der Waals surface area contributed by atoms with E-state index in [0.29, 0.717) is 0 Å². The molecule has 1 aliphatic heterocycles. The molecule has 2 nitrogen and oxygen atoms in total. The Morgan fingerprint density at radius 3 is 2.38 bits per heavy atom. The van der Waals surface area contributed by atoms with Crippen LogP contribution in [-0.2, 0) is 9.47 Å². The van der Waals surface area contributed by atoms with E-state index in [0.717, 1.165) is 38.9 Å². The van der Waals surface area contributed by atoms with E-state index in [4.69, 9.17) is 9.47 Å². The molecule has 0 atom stereocenters. The molecule has 16 heavy (non-hydrogen) atoms. The van der Waals surface area contributed by atoms with Gasteiger partial charge in [-0.25, -0.2) is 0 Å². The van der Waals surface area contributed by atoms with E-state index in [1.807, 2.05) is 13.8 Å². The van der Waals surface area contributed by atoms with Crippen molar-refractivity contribution in [3.05, 3.63) is 23.8 Å². The molecule has 0 saturated carbocycles. The highest BCUT2D eigenvalue weighted by atomic mass is 16.7. The fourth-order valence-corrected chi connectivity index (χ4v) is 2.14. The van der Waals surface area contributed by atoms with Crippen molar-refractivity contribution in [1.82, 2.24) is 0 Å². The first-order valence-electron chi connectivity index (χ1n) is 6.52. The third-order valence-electron chi connectivity index (χ3n) is 2.77. The molecule has 0 aromatic rings. The average Bonchev–Trinajstić information content (AvgIpc) is 2.83. The van der Waals surface area contributed by atoms with Crippen LogP contribution >= 0.6 is 0 Å². The van der Waals surface area contributed by atoms with Crippen molar-refractivity contribution >= 4 is 0 Å². The summed E-state index contributed by atoms with van der Waals surface area (Å²) < 4.78 is 11.6. The van der Waals surface area contributed by atoms with Crippen molar-refractivity contribution in [2.45, 2.75) is 52.2 Å². The standard InChI is InChI=1S/C12H18O2.C2H6/c1-2-8-12(13-9-10-14-12)11-6-4-3-5-7-11;1-2/h4,6-7H,2-3,5,8-10H2,1H3;1-2H3. The Kier molecular flexibility index (Phi) is 5.78. The van der Waals surface area contributed by atoms with E-state index in [-0.39, 0.29) is 0 Å². The van der Waals surface area contributed by atoms with E-state index in [9.17, 15) is 0 Å². The average molecular weight is 224 g/mol. The number of rotatable bonds is 3. The Morgan fingerprint density at radius 2 is 1.88 bits per heavy atom. The molecule has 1 saturated heterocycles. The van der Waals surface area contributed by atoms with Crippen LogP contribution in [0.25, 0.3) is 0 Å². The zero-order valence-electron chi connectivity index (χ0n) is 10.8. The van der Waals surface area contributed by atoms with Gasteiger partial charge in [0.1, 0.15) is 0 Å². The summed E-state index contributed by atoms with van der Waals surface area (Å²) in [6.45, 7) is 7.62. The van der Waals surface area contributed by atoms with Crippen LogP contribution in [-0.4, -0.2) is 19.0 Å². The molecule has 1 heterocycles. The molecule has 2 heteroatoms. The highest BCUT2D eigenvalue weighted by Gasteiger charge is 2.38. The van der Waals surface area contributed by atoms with Crippen LogP contribution in [0.1, 0.15) is 46.5 Å². The first-order valence-corrected chi connectivity index (χ1v) is 6.52. The highest BCUT2D eigenvalue weighted by Crippen LogP contribution is 2.35. The second kappa shape index (κ2) is 6.87. The number of hydrogen-bond donors (Lipinski definition) is 0. The second-order valence-electron chi connectivity index (χ2n) is 3.84. The third kappa shape index (κ3) is 2.96. The molecule has 0 N–H and O–H groups in total. The Bertz CT molecular complexity index is 247. The summed E-state index contributed by atoms with van der Waals surface area (Å²) in [6, 6.07) is 0. The lowest BCUT2D eigenvalue weighted by atomic mass is 9.95. The van der Waals surface area contributed by atoms with E-state index in [2.05, 4.69) is 25.2 Å². The first kappa shape index (κ1) is 13.5. The van der Waals surface area contributed by atoms with Gasteiger partial charge in [0.05, 0.1) is 13.2 Å². The van der Waals surface area contributed by atoms with Gasteiger partial charge in [0.15, 0.2) is 5.79 Å². The Hall–Kier alpha value is -0.600. The van der Waals surface area contributed by atoms with E-state index in [1.165, 1.54) is 5.57 Å². The normalized spacial score (nSPS) is 22.3. The largest absolute Gasteiger partial charge is 0.343 e. The molecule has 2 rings (SSSR count). The van der Waals surface area contributed by atoms with Gasteiger partial charge in [0, 0.05) is 12.0 Å². The van der Waals surface area contributed by atoms with Crippen LogP contribution in [0, 0.1) is 0 Å². The summed E-state index contributed by atoms with van der Waals surface area (Å²) in [6.07, 6.45) is 10.9. The van der Waals surface area contributed by atoms with Crippen LogP contribution in [0.15, 0.2) is 23.8 Å². The van der Waals surface area contributed by atoms with Gasteiger partial charge >= 0.3 is 0 Å². The monoisotopic (exact) mass is 224 g/mol. The molecule has 1 fully saturated rings. The van der Waals surface area contributed by atoms with Crippen molar-refractivity contribution in [3.8, 4) is 0 Å². The van der Waals surface area contributed by atoms with Crippen LogP contribution in [0.2, 0.25) is 0 Å². The summed E-state index contributed by atoms with van der Waals surface area (Å²) in [7, 11) is 0. The third-order valence-corrected chi connectivity index (χ3v) is 2.77. The fraction of sp³-hybridized carbons (Fsp3) is 0.714. The van der Waals surface area contributed by atoms with E-state index < -0.39 is 5.79 Å². The predicted octanol–water partition coefficient (Wildman–Crippen LogP) is 3.83. The molecular weight excluding hydrogens is 200 g/mol. The molecule has 0 aromatic heterocycles. The highest BCUT2D eigenvalue weighted by molar-refractivity contribution is 5.29. The minimum atomic E-state index is -0.411. The minimum Gasteiger partial charge on any atom is -0.343 e. The Balaban J connectivity index is 0.000000606. The SMILES string of the molecule is CC.CCCC1(C2=CCCC=C2)OCCO1. The van der Waals surface area contributed by atoms with Crippen molar-refractivity contribution in [3.63, 3.8) is 0 Å². The zero-order valence-corrected chi connectivity index (χ0v) is 10.8. The minimum absolute atomic E-state index is 0.411. The van der Waals surface area contributed by atoms with Gasteiger partial charge < -0.3 is 9.47 Å². The molecule has 0 amide bonds. The lowest BCUT2D eigenvalue weighted by Gasteiger charge is -2.29. The second-order valence-corrected chi connectivity index (χ2v) is 3.84. The van der Waals surface area contributed by atoms with E-state index >= 15 is 0 Å². The number of allylic oxidation sites excluding steroid dienone is 2. The molecule has 1 aliphatic carbocycles. The first-order chi connectivity index (χ1) is 7.87. The van der Waals surface area contributed by atoms with Gasteiger partial charge in [-0.1, -0.05) is 45.4 Å². The maximum atomic E-state index is 5.78. The van der Waals surface area contributed by atoms with Crippen LogP contribution < -0.4 is 0 Å². The van der Waals surface area contributed by atoms with Gasteiger partial charge in [0.25, 0.3) is 0 Å². The quantitative estimate of drug-likeness (QED) is 0.725. The molecule has 0 aromatic carbocycles.